The van der Waals surface area contributed by atoms with Crippen LogP contribution in [0.4, 0.5) is 4.79 Å². The fourth-order valence-electron chi connectivity index (χ4n) is 3.60. The van der Waals surface area contributed by atoms with E-state index in [2.05, 4.69) is 40.2 Å². The van der Waals surface area contributed by atoms with E-state index in [4.69, 9.17) is 16.3 Å². The van der Waals surface area contributed by atoms with Crippen LogP contribution in [0, 0.1) is 0 Å². The minimum absolute atomic E-state index is 0.0868. The van der Waals surface area contributed by atoms with E-state index < -0.39 is 11.5 Å². The predicted molar refractivity (Wildman–Crippen MR) is 103 cm³/mol. The Kier molecular flexibility index (Phi) is 4.36. The normalized spacial score (nSPS) is 13.8. The molecule has 1 aliphatic carbocycles. The molecule has 4 heteroatoms. The number of carbonyl (C=O) groups is 1. The molecule has 0 N–H and O–H groups in total. The number of ether oxygens (including phenoxy) is 1. The fourth-order valence-corrected chi connectivity index (χ4v) is 3.96. The van der Waals surface area contributed by atoms with Crippen LogP contribution >= 0.6 is 27.5 Å². The quantitative estimate of drug-likeness (QED) is 0.448. The van der Waals surface area contributed by atoms with Crippen molar-refractivity contribution >= 4 is 33.0 Å². The highest BCUT2D eigenvalue weighted by molar-refractivity contribution is 9.10. The standard InChI is InChI=1S/C21H14BrClO2/c22-14-11-9-13(10-12-14)20(25-21(23)24)19-17-7-3-1-5-15(17)16-6-2-4-8-18(16)19/h1-12,19-20H. The third kappa shape index (κ3) is 2.99. The number of hydrogen-bond donors (Lipinski definition) is 0. The molecule has 0 saturated heterocycles. The van der Waals surface area contributed by atoms with E-state index in [1.165, 1.54) is 11.1 Å². The highest BCUT2D eigenvalue weighted by Crippen LogP contribution is 2.51. The molecular weight excluding hydrogens is 400 g/mol. The summed E-state index contributed by atoms with van der Waals surface area (Å²) in [6, 6.07) is 24.3. The Hall–Kier alpha value is -2.10. The van der Waals surface area contributed by atoms with E-state index >= 15 is 0 Å². The van der Waals surface area contributed by atoms with Gasteiger partial charge in [0, 0.05) is 16.1 Å². The van der Waals surface area contributed by atoms with Crippen molar-refractivity contribution in [3.05, 3.63) is 94.0 Å². The van der Waals surface area contributed by atoms with Crippen LogP contribution in [0.5, 0.6) is 0 Å². The van der Waals surface area contributed by atoms with Crippen molar-refractivity contribution in [2.45, 2.75) is 12.0 Å². The largest absolute Gasteiger partial charge is 0.444 e. The van der Waals surface area contributed by atoms with Gasteiger partial charge in [-0.05, 0) is 39.9 Å². The van der Waals surface area contributed by atoms with Crippen molar-refractivity contribution in [3.8, 4) is 11.1 Å². The molecule has 1 atom stereocenters. The van der Waals surface area contributed by atoms with E-state index in [0.29, 0.717) is 0 Å². The lowest BCUT2D eigenvalue weighted by Gasteiger charge is -2.25. The lowest BCUT2D eigenvalue weighted by Crippen LogP contribution is -2.15. The van der Waals surface area contributed by atoms with Gasteiger partial charge in [0.25, 0.3) is 0 Å². The van der Waals surface area contributed by atoms with Gasteiger partial charge in [-0.1, -0.05) is 76.6 Å². The Morgan fingerprint density at radius 1 is 0.880 bits per heavy atom. The second-order valence-corrected chi connectivity index (χ2v) is 7.20. The molecule has 0 bridgehead atoms. The second-order valence-electron chi connectivity index (χ2n) is 5.98. The molecule has 25 heavy (non-hydrogen) atoms. The monoisotopic (exact) mass is 412 g/mol. The van der Waals surface area contributed by atoms with Crippen molar-refractivity contribution in [2.75, 3.05) is 0 Å². The lowest BCUT2D eigenvalue weighted by atomic mass is 9.87. The van der Waals surface area contributed by atoms with E-state index in [1.54, 1.807) is 0 Å². The SMILES string of the molecule is O=C(Cl)OC(c1ccc(Br)cc1)C1c2ccccc2-c2ccccc21. The van der Waals surface area contributed by atoms with Crippen LogP contribution in [0.15, 0.2) is 77.3 Å². The molecule has 0 fully saturated rings. The summed E-state index contributed by atoms with van der Waals surface area (Å²) in [5.41, 5.74) is 4.76. The third-order valence-corrected chi connectivity index (χ3v) is 5.22. The lowest BCUT2D eigenvalue weighted by molar-refractivity contribution is 0.112. The van der Waals surface area contributed by atoms with Crippen molar-refractivity contribution < 1.29 is 9.53 Å². The molecule has 3 aromatic carbocycles. The molecular formula is C21H14BrClO2. The Morgan fingerprint density at radius 2 is 1.40 bits per heavy atom. The average molecular weight is 414 g/mol. The van der Waals surface area contributed by atoms with Gasteiger partial charge in [-0.15, -0.1) is 0 Å². The summed E-state index contributed by atoms with van der Waals surface area (Å²) in [5.74, 6) is -0.0868. The van der Waals surface area contributed by atoms with Gasteiger partial charge in [0.1, 0.15) is 6.10 Å². The van der Waals surface area contributed by atoms with E-state index in [9.17, 15) is 4.79 Å². The minimum atomic E-state index is -0.796. The zero-order valence-electron chi connectivity index (χ0n) is 13.2. The molecule has 0 heterocycles. The minimum Gasteiger partial charge on any atom is -0.444 e. The molecule has 0 spiro atoms. The van der Waals surface area contributed by atoms with Crippen LogP contribution in [0.25, 0.3) is 11.1 Å². The van der Waals surface area contributed by atoms with Gasteiger partial charge in [-0.3, -0.25) is 0 Å². The van der Waals surface area contributed by atoms with Crippen LogP contribution in [0.3, 0.4) is 0 Å². The van der Waals surface area contributed by atoms with Gasteiger partial charge in [-0.2, -0.15) is 0 Å². The summed E-state index contributed by atoms with van der Waals surface area (Å²) in [5, 5.41) is 0. The van der Waals surface area contributed by atoms with Crippen molar-refractivity contribution in [2.24, 2.45) is 0 Å². The Labute approximate surface area is 159 Å². The van der Waals surface area contributed by atoms with Gasteiger partial charge < -0.3 is 4.74 Å². The highest BCUT2D eigenvalue weighted by Gasteiger charge is 2.37. The predicted octanol–water partition coefficient (Wildman–Crippen LogP) is 6.68. The van der Waals surface area contributed by atoms with Crippen molar-refractivity contribution in [1.82, 2.24) is 0 Å². The van der Waals surface area contributed by atoms with Gasteiger partial charge in [-0.25, -0.2) is 4.79 Å². The molecule has 0 radical (unpaired) electrons. The average Bonchev–Trinajstić information content (AvgIpc) is 2.95. The van der Waals surface area contributed by atoms with Crippen LogP contribution in [-0.2, 0) is 4.74 Å². The van der Waals surface area contributed by atoms with E-state index in [0.717, 1.165) is 21.2 Å². The Balaban J connectivity index is 1.89. The van der Waals surface area contributed by atoms with Crippen LogP contribution in [0.1, 0.15) is 28.7 Å². The van der Waals surface area contributed by atoms with Crippen molar-refractivity contribution in [1.29, 1.82) is 0 Å². The van der Waals surface area contributed by atoms with Gasteiger partial charge in [0.15, 0.2) is 0 Å². The summed E-state index contributed by atoms with van der Waals surface area (Å²) in [7, 11) is 0. The number of halogens is 2. The maximum absolute atomic E-state index is 11.6. The van der Waals surface area contributed by atoms with Crippen LogP contribution < -0.4 is 0 Å². The first-order valence-corrected chi connectivity index (χ1v) is 9.12. The van der Waals surface area contributed by atoms with E-state index in [-0.39, 0.29) is 5.92 Å². The molecule has 4 rings (SSSR count). The maximum Gasteiger partial charge on any atom is 0.404 e. The van der Waals surface area contributed by atoms with E-state index in [1.807, 2.05) is 48.5 Å². The molecule has 0 aromatic heterocycles. The molecule has 0 aliphatic heterocycles. The molecule has 2 nitrogen and oxygen atoms in total. The number of hydrogen-bond acceptors (Lipinski definition) is 2. The number of fused-ring (bicyclic) bond motifs is 3. The smallest absolute Gasteiger partial charge is 0.404 e. The molecule has 3 aromatic rings. The molecule has 124 valence electrons. The summed E-state index contributed by atoms with van der Waals surface area (Å²) < 4.78 is 6.56. The molecule has 0 saturated carbocycles. The van der Waals surface area contributed by atoms with Crippen LogP contribution in [-0.4, -0.2) is 5.43 Å². The first-order valence-electron chi connectivity index (χ1n) is 7.95. The second kappa shape index (κ2) is 6.66. The van der Waals surface area contributed by atoms with Crippen LogP contribution in [0.2, 0.25) is 0 Å². The molecule has 0 amide bonds. The first kappa shape index (κ1) is 16.4. The molecule has 1 unspecified atom stereocenters. The zero-order valence-corrected chi connectivity index (χ0v) is 15.5. The fraction of sp³-hybridized carbons (Fsp3) is 0.0952. The van der Waals surface area contributed by atoms with Gasteiger partial charge >= 0.3 is 5.43 Å². The third-order valence-electron chi connectivity index (χ3n) is 4.60. The molecule has 1 aliphatic rings. The number of benzene rings is 3. The highest BCUT2D eigenvalue weighted by atomic mass is 79.9. The maximum atomic E-state index is 11.6. The zero-order chi connectivity index (χ0) is 17.4. The summed E-state index contributed by atoms with van der Waals surface area (Å²) in [4.78, 5) is 11.6. The number of rotatable bonds is 3. The van der Waals surface area contributed by atoms with Crippen molar-refractivity contribution in [3.63, 3.8) is 0 Å². The Morgan fingerprint density at radius 3 is 1.92 bits per heavy atom. The summed E-state index contributed by atoms with van der Waals surface area (Å²) in [6.45, 7) is 0. The summed E-state index contributed by atoms with van der Waals surface area (Å²) >= 11 is 9.06. The van der Waals surface area contributed by atoms with Gasteiger partial charge in [0.05, 0.1) is 5.92 Å². The topological polar surface area (TPSA) is 26.3 Å². The Bertz CT molecular complexity index is 891. The first-order chi connectivity index (χ1) is 12.1. The summed E-state index contributed by atoms with van der Waals surface area (Å²) in [6.07, 6.45) is -0.483. The van der Waals surface area contributed by atoms with Gasteiger partial charge in [0.2, 0.25) is 0 Å². The number of carbonyl (C=O) groups excluding carboxylic acids is 1.